The summed E-state index contributed by atoms with van der Waals surface area (Å²) in [7, 11) is 5.99. The van der Waals surface area contributed by atoms with E-state index >= 15 is 0 Å². The Bertz CT molecular complexity index is 693. The van der Waals surface area contributed by atoms with Crippen molar-refractivity contribution in [3.05, 3.63) is 0 Å². The van der Waals surface area contributed by atoms with Crippen LogP contribution in [0.25, 0.3) is 0 Å². The van der Waals surface area contributed by atoms with Gasteiger partial charge >= 0.3 is 0 Å². The van der Waals surface area contributed by atoms with E-state index in [9.17, 15) is 4.79 Å². The number of likely N-dealkylation sites (tertiary alicyclic amines) is 1. The van der Waals surface area contributed by atoms with Crippen LogP contribution in [0.2, 0.25) is 0 Å². The van der Waals surface area contributed by atoms with Crippen molar-refractivity contribution in [1.82, 2.24) is 4.90 Å². The Morgan fingerprint density at radius 3 is 2.53 bits per heavy atom. The molecule has 8 atom stereocenters. The summed E-state index contributed by atoms with van der Waals surface area (Å²) in [6.07, 6.45) is 12.8. The molecule has 5 aliphatic rings. The van der Waals surface area contributed by atoms with Crippen LogP contribution in [0.3, 0.4) is 0 Å². The lowest BCUT2D eigenvalue weighted by Gasteiger charge is -2.72. The molecule has 5 nitrogen and oxygen atoms in total. The predicted octanol–water partition coefficient (Wildman–Crippen LogP) is 4.47. The van der Waals surface area contributed by atoms with Gasteiger partial charge < -0.3 is 19.1 Å². The molecular formula is C27H45NO4. The number of carbonyl (C=O) groups excluding carboxylic acids is 1. The lowest BCUT2D eigenvalue weighted by Crippen LogP contribution is -2.79. The van der Waals surface area contributed by atoms with Crippen molar-refractivity contribution in [2.24, 2.45) is 29.1 Å². The second kappa shape index (κ2) is 8.94. The summed E-state index contributed by atoms with van der Waals surface area (Å²) in [4.78, 5) is 15.9. The summed E-state index contributed by atoms with van der Waals surface area (Å²) >= 11 is 0. The summed E-state index contributed by atoms with van der Waals surface area (Å²) < 4.78 is 19.5. The molecule has 5 unspecified atom stereocenters. The molecule has 0 amide bonds. The van der Waals surface area contributed by atoms with Gasteiger partial charge in [-0.3, -0.25) is 4.79 Å². The van der Waals surface area contributed by atoms with E-state index in [-0.39, 0.29) is 29.1 Å². The molecule has 182 valence electrons. The second-order valence-electron chi connectivity index (χ2n) is 11.8. The number of methoxy groups -OCH3 is 2. The lowest BCUT2D eigenvalue weighted by atomic mass is 9.39. The van der Waals surface area contributed by atoms with E-state index in [0.29, 0.717) is 36.0 Å². The summed E-state index contributed by atoms with van der Waals surface area (Å²) in [5, 5.41) is 0. The van der Waals surface area contributed by atoms with Gasteiger partial charge in [-0.1, -0.05) is 26.2 Å². The number of hydrogen-bond donors (Lipinski definition) is 0. The molecule has 0 N–H and O–H groups in total. The molecule has 5 heteroatoms. The maximum absolute atomic E-state index is 13.4. The zero-order valence-electron chi connectivity index (χ0n) is 20.8. The monoisotopic (exact) mass is 447 g/mol. The van der Waals surface area contributed by atoms with E-state index in [0.717, 1.165) is 32.4 Å². The predicted molar refractivity (Wildman–Crippen MR) is 125 cm³/mol. The molecule has 1 saturated heterocycles. The van der Waals surface area contributed by atoms with E-state index in [4.69, 9.17) is 14.2 Å². The third kappa shape index (κ3) is 3.28. The van der Waals surface area contributed by atoms with Crippen LogP contribution in [-0.4, -0.2) is 69.0 Å². The number of fused-ring (bicyclic) bond motifs is 1. The van der Waals surface area contributed by atoms with Gasteiger partial charge in [0.15, 0.2) is 0 Å². The van der Waals surface area contributed by atoms with Crippen LogP contribution in [0.4, 0.5) is 0 Å². The fraction of sp³-hybridized carbons (Fsp3) is 0.963. The molecule has 0 aromatic heterocycles. The van der Waals surface area contributed by atoms with Crippen molar-refractivity contribution < 1.29 is 19.0 Å². The molecule has 2 bridgehead atoms. The molecule has 4 saturated carbocycles. The summed E-state index contributed by atoms with van der Waals surface area (Å²) in [6.45, 7) is 4.15. The minimum Gasteiger partial charge on any atom is -0.379 e. The van der Waals surface area contributed by atoms with E-state index in [1.165, 1.54) is 44.9 Å². The van der Waals surface area contributed by atoms with Gasteiger partial charge in [-0.25, -0.2) is 0 Å². The highest BCUT2D eigenvalue weighted by Crippen LogP contribution is 2.68. The standard InChI is InChI=1S/C27H45NO4/c1-18-21(29)12-13-27(32-17-19-8-6-5-7-9-19)23-16-20-10-11-22(30-3)25(31-4)24(20)26(18,27)14-15-28(23)2/h18-20,22-25H,5-17H2,1-4H3/t18-,20?,22?,23?,24?,25?,26-,27-/m1/s1. The van der Waals surface area contributed by atoms with Gasteiger partial charge in [-0.15, -0.1) is 0 Å². The van der Waals surface area contributed by atoms with Gasteiger partial charge in [0.25, 0.3) is 0 Å². The molecule has 0 spiro atoms. The van der Waals surface area contributed by atoms with Gasteiger partial charge in [-0.05, 0) is 76.3 Å². The number of rotatable bonds is 5. The average Bonchev–Trinajstić information content (AvgIpc) is 2.82. The van der Waals surface area contributed by atoms with Crippen molar-refractivity contribution in [2.75, 3.05) is 34.4 Å². The molecule has 32 heavy (non-hydrogen) atoms. The average molecular weight is 448 g/mol. The van der Waals surface area contributed by atoms with Gasteiger partial charge in [0.2, 0.25) is 0 Å². The Kier molecular flexibility index (Phi) is 6.50. The van der Waals surface area contributed by atoms with Crippen LogP contribution in [0, 0.1) is 29.1 Å². The van der Waals surface area contributed by atoms with Crippen LogP contribution < -0.4 is 0 Å². The normalized spacial score (nSPS) is 47.7. The van der Waals surface area contributed by atoms with E-state index in [2.05, 4.69) is 18.9 Å². The van der Waals surface area contributed by atoms with Crippen LogP contribution in [0.1, 0.15) is 77.6 Å². The maximum atomic E-state index is 13.4. The first-order valence-electron chi connectivity index (χ1n) is 13.4. The fourth-order valence-electron chi connectivity index (χ4n) is 9.26. The van der Waals surface area contributed by atoms with Crippen molar-refractivity contribution in [1.29, 1.82) is 0 Å². The first-order valence-corrected chi connectivity index (χ1v) is 13.4. The first kappa shape index (κ1) is 23.3. The third-order valence-electron chi connectivity index (χ3n) is 10.8. The van der Waals surface area contributed by atoms with E-state index in [1.54, 1.807) is 0 Å². The Balaban J connectivity index is 1.58. The SMILES string of the molecule is COC1CCC2CC3N(C)CC[C@]4(C2C1OC)[C@H](C)C(=O)CC[C@@]34OCC1CCCCC1. The summed E-state index contributed by atoms with van der Waals surface area (Å²) in [6, 6.07) is 0.410. The second-order valence-corrected chi connectivity index (χ2v) is 11.8. The quantitative estimate of drug-likeness (QED) is 0.622. The minimum absolute atomic E-state index is 0.0276. The third-order valence-corrected chi connectivity index (χ3v) is 10.8. The van der Waals surface area contributed by atoms with Crippen molar-refractivity contribution >= 4 is 5.78 Å². The zero-order chi connectivity index (χ0) is 22.5. The van der Waals surface area contributed by atoms with E-state index in [1.807, 2.05) is 14.2 Å². The van der Waals surface area contributed by atoms with Gasteiger partial charge in [0, 0.05) is 38.0 Å². The molecule has 0 aromatic carbocycles. The fourth-order valence-corrected chi connectivity index (χ4v) is 9.26. The minimum atomic E-state index is -0.238. The van der Waals surface area contributed by atoms with Crippen LogP contribution >= 0.6 is 0 Å². The highest BCUT2D eigenvalue weighted by atomic mass is 16.5. The van der Waals surface area contributed by atoms with Crippen molar-refractivity contribution in [2.45, 2.75) is 101 Å². The van der Waals surface area contributed by atoms with Crippen molar-refractivity contribution in [3.63, 3.8) is 0 Å². The Labute approximate surface area is 194 Å². The Hall–Kier alpha value is -0.490. The summed E-state index contributed by atoms with van der Waals surface area (Å²) in [5.74, 6) is 2.07. The molecule has 4 aliphatic carbocycles. The molecule has 0 aromatic rings. The number of nitrogens with zero attached hydrogens (tertiary/aromatic N) is 1. The number of carbonyl (C=O) groups is 1. The van der Waals surface area contributed by atoms with Crippen LogP contribution in [-0.2, 0) is 19.0 Å². The van der Waals surface area contributed by atoms with Crippen molar-refractivity contribution in [3.8, 4) is 0 Å². The highest BCUT2D eigenvalue weighted by Gasteiger charge is 2.73. The number of hydrogen-bond acceptors (Lipinski definition) is 5. The van der Waals surface area contributed by atoms with Gasteiger partial charge in [0.05, 0.1) is 24.4 Å². The molecule has 5 fully saturated rings. The number of piperidine rings is 1. The number of likely N-dealkylation sites (N-methyl/N-ethyl adjacent to an activating group) is 1. The van der Waals surface area contributed by atoms with Gasteiger partial charge in [-0.2, -0.15) is 0 Å². The Morgan fingerprint density at radius 1 is 1.03 bits per heavy atom. The lowest BCUT2D eigenvalue weighted by molar-refractivity contribution is -0.309. The number of ketones is 1. The molecule has 0 radical (unpaired) electrons. The smallest absolute Gasteiger partial charge is 0.136 e. The number of ether oxygens (including phenoxy) is 3. The maximum Gasteiger partial charge on any atom is 0.136 e. The first-order chi connectivity index (χ1) is 15.5. The molecule has 1 aliphatic heterocycles. The van der Waals surface area contributed by atoms with Gasteiger partial charge in [0.1, 0.15) is 5.78 Å². The largest absolute Gasteiger partial charge is 0.379 e. The molecule has 1 heterocycles. The van der Waals surface area contributed by atoms with Crippen LogP contribution in [0.5, 0.6) is 0 Å². The molecule has 5 rings (SSSR count). The highest BCUT2D eigenvalue weighted by molar-refractivity contribution is 5.83. The Morgan fingerprint density at radius 2 is 1.81 bits per heavy atom. The molecular weight excluding hydrogens is 402 g/mol. The van der Waals surface area contributed by atoms with E-state index < -0.39 is 0 Å². The zero-order valence-corrected chi connectivity index (χ0v) is 20.8. The summed E-state index contributed by atoms with van der Waals surface area (Å²) in [5.41, 5.74) is -0.382. The number of Topliss-reactive ketones (excluding diaryl/α,β-unsaturated/α-hetero) is 1. The topological polar surface area (TPSA) is 48.0 Å². The van der Waals surface area contributed by atoms with Crippen LogP contribution in [0.15, 0.2) is 0 Å².